The highest BCUT2D eigenvalue weighted by atomic mass is 16.5. The van der Waals surface area contributed by atoms with Gasteiger partial charge in [0.2, 0.25) is 0 Å². The smallest absolute Gasteiger partial charge is 0.0920 e. The second-order valence-corrected chi connectivity index (χ2v) is 11.9. The molecule has 0 bridgehead atoms. The number of rotatable bonds is 10. The fourth-order valence-electron chi connectivity index (χ4n) is 7.24. The van der Waals surface area contributed by atoms with Gasteiger partial charge < -0.3 is 29.3 Å². The SMILES string of the molecule is COC1CN(c2cccc(N3CC(OC)C3)c2CNCCC2(c3ccccn3)CCOC3(CCCC3)C2)C1. The molecule has 4 fully saturated rings. The molecule has 38 heavy (non-hydrogen) atoms. The average Bonchev–Trinajstić information content (AvgIpc) is 3.34. The molecule has 1 N–H and O–H groups in total. The Kier molecular flexibility index (Phi) is 7.63. The van der Waals surface area contributed by atoms with E-state index in [4.69, 9.17) is 19.2 Å². The van der Waals surface area contributed by atoms with Gasteiger partial charge in [-0.15, -0.1) is 0 Å². The number of benzene rings is 1. The van der Waals surface area contributed by atoms with Crippen LogP contribution in [0.15, 0.2) is 42.6 Å². The van der Waals surface area contributed by atoms with Crippen LogP contribution in [0.2, 0.25) is 0 Å². The third-order valence-corrected chi connectivity index (χ3v) is 9.63. The molecule has 4 aliphatic rings. The van der Waals surface area contributed by atoms with E-state index in [1.165, 1.54) is 48.3 Å². The quantitative estimate of drug-likeness (QED) is 0.469. The Labute approximate surface area is 227 Å². The Morgan fingerprint density at radius 2 is 1.61 bits per heavy atom. The first-order chi connectivity index (χ1) is 18.6. The molecule has 4 heterocycles. The van der Waals surface area contributed by atoms with Gasteiger partial charge in [0.05, 0.1) is 17.8 Å². The molecule has 1 aliphatic carbocycles. The highest BCUT2D eigenvalue weighted by Crippen LogP contribution is 2.49. The molecule has 1 saturated carbocycles. The first kappa shape index (κ1) is 26.1. The number of hydrogen-bond donors (Lipinski definition) is 1. The van der Waals surface area contributed by atoms with E-state index < -0.39 is 0 Å². The lowest BCUT2D eigenvalue weighted by Crippen LogP contribution is -2.54. The molecular formula is C31H44N4O3. The van der Waals surface area contributed by atoms with Crippen LogP contribution < -0.4 is 15.1 Å². The zero-order valence-electron chi connectivity index (χ0n) is 23.2. The third-order valence-electron chi connectivity index (χ3n) is 9.63. The van der Waals surface area contributed by atoms with Crippen LogP contribution in [0.3, 0.4) is 0 Å². The van der Waals surface area contributed by atoms with Crippen LogP contribution in [0.5, 0.6) is 0 Å². The van der Waals surface area contributed by atoms with E-state index in [2.05, 4.69) is 45.4 Å². The van der Waals surface area contributed by atoms with Crippen molar-refractivity contribution in [2.24, 2.45) is 0 Å². The number of ether oxygens (including phenoxy) is 3. The van der Waals surface area contributed by atoms with Gasteiger partial charge in [-0.3, -0.25) is 4.98 Å². The topological polar surface area (TPSA) is 59.1 Å². The van der Waals surface area contributed by atoms with E-state index in [9.17, 15) is 0 Å². The number of aromatic nitrogens is 1. The summed E-state index contributed by atoms with van der Waals surface area (Å²) in [6.07, 6.45) is 10.8. The minimum absolute atomic E-state index is 0.0559. The normalized spacial score (nSPS) is 25.5. The first-order valence-corrected chi connectivity index (χ1v) is 14.6. The van der Waals surface area contributed by atoms with Crippen molar-refractivity contribution in [3.8, 4) is 0 Å². The van der Waals surface area contributed by atoms with Gasteiger partial charge in [0.1, 0.15) is 0 Å². The number of hydrogen-bond acceptors (Lipinski definition) is 7. The Balaban J connectivity index is 1.18. The molecule has 0 amide bonds. The van der Waals surface area contributed by atoms with Gasteiger partial charge in [-0.1, -0.05) is 25.0 Å². The predicted molar refractivity (Wildman–Crippen MR) is 151 cm³/mol. The molecular weight excluding hydrogens is 476 g/mol. The van der Waals surface area contributed by atoms with Crippen LogP contribution in [-0.4, -0.2) is 76.3 Å². The maximum atomic E-state index is 6.46. The van der Waals surface area contributed by atoms with Crippen molar-refractivity contribution in [3.05, 3.63) is 53.9 Å². The van der Waals surface area contributed by atoms with Crippen LogP contribution in [0.4, 0.5) is 11.4 Å². The Morgan fingerprint density at radius 1 is 0.921 bits per heavy atom. The molecule has 7 nitrogen and oxygen atoms in total. The molecule has 6 rings (SSSR count). The van der Waals surface area contributed by atoms with Crippen molar-refractivity contribution in [2.45, 2.75) is 74.7 Å². The van der Waals surface area contributed by atoms with E-state index in [0.29, 0.717) is 12.2 Å². The standard InChI is InChI=1S/C31H44N4O3/c1-36-24-19-34(20-24)27-8-7-9-28(35-21-25(22-35)37-2)26(27)18-32-16-13-30(29-10-3-6-15-33-29)14-17-38-31(23-30)11-4-5-12-31/h3,6-10,15,24-25,32H,4-5,11-14,16-23H2,1-2H3. The number of anilines is 2. The average molecular weight is 521 g/mol. The van der Waals surface area contributed by atoms with Crippen LogP contribution in [-0.2, 0) is 26.2 Å². The fraction of sp³-hybridized carbons (Fsp3) is 0.645. The summed E-state index contributed by atoms with van der Waals surface area (Å²) in [5.74, 6) is 0. The lowest BCUT2D eigenvalue weighted by atomic mass is 9.68. The van der Waals surface area contributed by atoms with Crippen molar-refractivity contribution < 1.29 is 14.2 Å². The van der Waals surface area contributed by atoms with Crippen molar-refractivity contribution in [3.63, 3.8) is 0 Å². The number of pyridine rings is 1. The fourth-order valence-corrected chi connectivity index (χ4v) is 7.24. The summed E-state index contributed by atoms with van der Waals surface area (Å²) in [5, 5.41) is 3.88. The van der Waals surface area contributed by atoms with Gasteiger partial charge in [0.25, 0.3) is 0 Å². The summed E-state index contributed by atoms with van der Waals surface area (Å²) in [6.45, 7) is 6.48. The second-order valence-electron chi connectivity index (χ2n) is 11.9. The summed E-state index contributed by atoms with van der Waals surface area (Å²) in [5.41, 5.74) is 5.43. The van der Waals surface area contributed by atoms with Crippen LogP contribution in [0.1, 0.15) is 56.2 Å². The number of methoxy groups -OCH3 is 2. The first-order valence-electron chi connectivity index (χ1n) is 14.6. The predicted octanol–water partition coefficient (Wildman–Crippen LogP) is 4.29. The minimum Gasteiger partial charge on any atom is -0.378 e. The Bertz CT molecular complexity index is 1030. The summed E-state index contributed by atoms with van der Waals surface area (Å²) < 4.78 is 17.6. The van der Waals surface area contributed by atoms with E-state index in [-0.39, 0.29) is 11.0 Å². The highest BCUT2D eigenvalue weighted by Gasteiger charge is 2.48. The summed E-state index contributed by atoms with van der Waals surface area (Å²) in [4.78, 5) is 9.80. The molecule has 1 aromatic heterocycles. The minimum atomic E-state index is 0.0559. The highest BCUT2D eigenvalue weighted by molar-refractivity contribution is 5.69. The van der Waals surface area contributed by atoms with Gasteiger partial charge in [-0.25, -0.2) is 0 Å². The van der Waals surface area contributed by atoms with E-state index in [1.54, 1.807) is 0 Å². The monoisotopic (exact) mass is 520 g/mol. The van der Waals surface area contributed by atoms with Gasteiger partial charge in [0, 0.05) is 87.8 Å². The number of nitrogens with one attached hydrogen (secondary N) is 1. The molecule has 206 valence electrons. The summed E-state index contributed by atoms with van der Waals surface area (Å²) >= 11 is 0. The van der Waals surface area contributed by atoms with Gasteiger partial charge in [-0.2, -0.15) is 0 Å². The summed E-state index contributed by atoms with van der Waals surface area (Å²) in [6, 6.07) is 13.2. The summed E-state index contributed by atoms with van der Waals surface area (Å²) in [7, 11) is 3.63. The second kappa shape index (κ2) is 11.1. The van der Waals surface area contributed by atoms with Gasteiger partial charge in [-0.05, 0) is 62.9 Å². The molecule has 7 heteroatoms. The van der Waals surface area contributed by atoms with E-state index in [0.717, 1.165) is 65.1 Å². The molecule has 1 aromatic carbocycles. The molecule has 1 unspecified atom stereocenters. The van der Waals surface area contributed by atoms with Crippen molar-refractivity contribution in [1.29, 1.82) is 0 Å². The molecule has 3 saturated heterocycles. The molecule has 0 radical (unpaired) electrons. The zero-order chi connectivity index (χ0) is 26.0. The maximum Gasteiger partial charge on any atom is 0.0920 e. The lowest BCUT2D eigenvalue weighted by Gasteiger charge is -2.46. The van der Waals surface area contributed by atoms with Crippen molar-refractivity contribution in [2.75, 3.05) is 63.4 Å². The lowest BCUT2D eigenvalue weighted by molar-refractivity contribution is -0.104. The van der Waals surface area contributed by atoms with Gasteiger partial charge >= 0.3 is 0 Å². The van der Waals surface area contributed by atoms with E-state index >= 15 is 0 Å². The molecule has 1 atom stereocenters. The zero-order valence-corrected chi connectivity index (χ0v) is 23.2. The Morgan fingerprint density at radius 3 is 2.21 bits per heavy atom. The molecule has 1 spiro atoms. The van der Waals surface area contributed by atoms with Crippen LogP contribution in [0.25, 0.3) is 0 Å². The largest absolute Gasteiger partial charge is 0.378 e. The van der Waals surface area contributed by atoms with Crippen molar-refractivity contribution >= 4 is 11.4 Å². The molecule has 3 aliphatic heterocycles. The van der Waals surface area contributed by atoms with Crippen molar-refractivity contribution in [1.82, 2.24) is 10.3 Å². The van der Waals surface area contributed by atoms with Gasteiger partial charge in [0.15, 0.2) is 0 Å². The maximum absolute atomic E-state index is 6.46. The number of nitrogens with zero attached hydrogens (tertiary/aromatic N) is 3. The van der Waals surface area contributed by atoms with Crippen LogP contribution in [0, 0.1) is 0 Å². The molecule has 2 aromatic rings. The van der Waals surface area contributed by atoms with Crippen LogP contribution >= 0.6 is 0 Å². The van der Waals surface area contributed by atoms with E-state index in [1.807, 2.05) is 26.5 Å². The Hall–Kier alpha value is -2.19. The third kappa shape index (κ3) is 5.06.